The van der Waals surface area contributed by atoms with Gasteiger partial charge in [0.05, 0.1) is 7.11 Å². The molecule has 2 rings (SSSR count). The van der Waals surface area contributed by atoms with Crippen LogP contribution >= 0.6 is 0 Å². The van der Waals surface area contributed by atoms with Crippen molar-refractivity contribution in [2.24, 2.45) is 0 Å². The lowest BCUT2D eigenvalue weighted by Gasteiger charge is -2.17. The van der Waals surface area contributed by atoms with Gasteiger partial charge in [-0.3, -0.25) is 0 Å². The summed E-state index contributed by atoms with van der Waals surface area (Å²) in [5.41, 5.74) is 3.19. The van der Waals surface area contributed by atoms with Crippen LogP contribution in [0.25, 0.3) is 0 Å². The molecule has 2 nitrogen and oxygen atoms in total. The van der Waals surface area contributed by atoms with Crippen LogP contribution in [0.15, 0.2) is 42.5 Å². The zero-order valence-electron chi connectivity index (χ0n) is 12.8. The summed E-state index contributed by atoms with van der Waals surface area (Å²) in [6.45, 7) is 2.08. The van der Waals surface area contributed by atoms with Crippen molar-refractivity contribution in [3.8, 4) is 5.75 Å². The Labute approximate surface area is 126 Å². The van der Waals surface area contributed by atoms with E-state index in [0.29, 0.717) is 17.7 Å². The van der Waals surface area contributed by atoms with Gasteiger partial charge in [0.25, 0.3) is 0 Å². The van der Waals surface area contributed by atoms with Gasteiger partial charge in [-0.2, -0.15) is 0 Å². The molecule has 0 bridgehead atoms. The normalized spacial score (nSPS) is 12.2. The monoisotopic (exact) mass is 287 g/mol. The van der Waals surface area contributed by atoms with Crippen LogP contribution in [0, 0.1) is 12.7 Å². The molecule has 2 aromatic rings. The number of aryl methyl sites for hydroxylation is 1. The maximum absolute atomic E-state index is 14.2. The third kappa shape index (κ3) is 4.05. The number of hydrogen-bond acceptors (Lipinski definition) is 2. The molecule has 0 saturated carbocycles. The number of nitrogens with one attached hydrogen (secondary N) is 1. The molecule has 0 amide bonds. The summed E-state index contributed by atoms with van der Waals surface area (Å²) in [5, 5.41) is 3.28. The first-order chi connectivity index (χ1) is 10.1. The third-order valence-corrected chi connectivity index (χ3v) is 3.70. The van der Waals surface area contributed by atoms with Crippen molar-refractivity contribution >= 4 is 0 Å². The Morgan fingerprint density at radius 3 is 2.57 bits per heavy atom. The van der Waals surface area contributed by atoms with E-state index in [4.69, 9.17) is 4.74 Å². The highest BCUT2D eigenvalue weighted by atomic mass is 19.1. The number of rotatable bonds is 6. The van der Waals surface area contributed by atoms with E-state index in [9.17, 15) is 4.39 Å². The number of likely N-dealkylation sites (N-methyl/N-ethyl adjacent to an activating group) is 1. The van der Waals surface area contributed by atoms with E-state index in [2.05, 4.69) is 36.5 Å². The highest BCUT2D eigenvalue weighted by Gasteiger charge is 2.14. The SMILES string of the molecule is CNC(Cc1cccc(C)c1)Cc1cccc(OC)c1F. The molecular weight excluding hydrogens is 265 g/mol. The minimum absolute atomic E-state index is 0.188. The third-order valence-electron chi connectivity index (χ3n) is 3.70. The summed E-state index contributed by atoms with van der Waals surface area (Å²) in [4.78, 5) is 0. The number of methoxy groups -OCH3 is 1. The lowest BCUT2D eigenvalue weighted by atomic mass is 9.98. The van der Waals surface area contributed by atoms with E-state index in [1.54, 1.807) is 6.07 Å². The number of hydrogen-bond donors (Lipinski definition) is 1. The smallest absolute Gasteiger partial charge is 0.168 e. The molecule has 112 valence electrons. The van der Waals surface area contributed by atoms with Crippen LogP contribution in [0.5, 0.6) is 5.75 Å². The van der Waals surface area contributed by atoms with E-state index in [0.717, 1.165) is 6.42 Å². The largest absolute Gasteiger partial charge is 0.494 e. The van der Waals surface area contributed by atoms with Gasteiger partial charge in [-0.15, -0.1) is 0 Å². The van der Waals surface area contributed by atoms with Gasteiger partial charge in [0, 0.05) is 6.04 Å². The number of halogens is 1. The van der Waals surface area contributed by atoms with Crippen LogP contribution in [0.1, 0.15) is 16.7 Å². The van der Waals surface area contributed by atoms with Gasteiger partial charge in [0.15, 0.2) is 11.6 Å². The Bertz CT molecular complexity index is 598. The summed E-state index contributed by atoms with van der Waals surface area (Å²) in [6.07, 6.45) is 1.50. The quantitative estimate of drug-likeness (QED) is 0.878. The number of ether oxygens (including phenoxy) is 1. The summed E-state index contributed by atoms with van der Waals surface area (Å²) >= 11 is 0. The van der Waals surface area contributed by atoms with Gasteiger partial charge in [0.1, 0.15) is 0 Å². The molecule has 0 radical (unpaired) electrons. The summed E-state index contributed by atoms with van der Waals surface area (Å²) in [6, 6.07) is 13.9. The molecule has 2 aromatic carbocycles. The van der Waals surface area contributed by atoms with Crippen LogP contribution in [-0.4, -0.2) is 20.2 Å². The van der Waals surface area contributed by atoms with Gasteiger partial charge in [-0.05, 0) is 44.0 Å². The van der Waals surface area contributed by atoms with Crippen LogP contribution in [0.2, 0.25) is 0 Å². The maximum Gasteiger partial charge on any atom is 0.168 e. The molecule has 1 atom stereocenters. The molecule has 3 heteroatoms. The topological polar surface area (TPSA) is 21.3 Å². The summed E-state index contributed by atoms with van der Waals surface area (Å²) in [5.74, 6) is 0.0439. The van der Waals surface area contributed by atoms with Crippen LogP contribution < -0.4 is 10.1 Å². The van der Waals surface area contributed by atoms with E-state index in [1.165, 1.54) is 18.2 Å². The van der Waals surface area contributed by atoms with Crippen molar-refractivity contribution < 1.29 is 9.13 Å². The Kier molecular flexibility index (Phi) is 5.34. The van der Waals surface area contributed by atoms with Crippen molar-refractivity contribution in [1.82, 2.24) is 5.32 Å². The first kappa shape index (κ1) is 15.5. The van der Waals surface area contributed by atoms with Crippen molar-refractivity contribution in [3.63, 3.8) is 0 Å². The van der Waals surface area contributed by atoms with Crippen molar-refractivity contribution in [1.29, 1.82) is 0 Å². The second kappa shape index (κ2) is 7.23. The van der Waals surface area contributed by atoms with Crippen molar-refractivity contribution in [3.05, 3.63) is 65.0 Å². The second-order valence-corrected chi connectivity index (χ2v) is 5.32. The lowest BCUT2D eigenvalue weighted by Crippen LogP contribution is -2.30. The minimum Gasteiger partial charge on any atom is -0.494 e. The average molecular weight is 287 g/mol. The zero-order valence-corrected chi connectivity index (χ0v) is 12.8. The number of benzene rings is 2. The zero-order chi connectivity index (χ0) is 15.2. The van der Waals surface area contributed by atoms with Gasteiger partial charge < -0.3 is 10.1 Å². The molecule has 0 aliphatic carbocycles. The Morgan fingerprint density at radius 1 is 1.14 bits per heavy atom. The van der Waals surface area contributed by atoms with Crippen LogP contribution in [0.3, 0.4) is 0 Å². The first-order valence-corrected chi connectivity index (χ1v) is 7.18. The fourth-order valence-corrected chi connectivity index (χ4v) is 2.54. The van der Waals surface area contributed by atoms with E-state index < -0.39 is 0 Å². The average Bonchev–Trinajstić information content (AvgIpc) is 2.48. The maximum atomic E-state index is 14.2. The molecule has 1 unspecified atom stereocenters. The molecule has 21 heavy (non-hydrogen) atoms. The highest BCUT2D eigenvalue weighted by Crippen LogP contribution is 2.21. The van der Waals surface area contributed by atoms with Crippen molar-refractivity contribution in [2.75, 3.05) is 14.2 Å². The van der Waals surface area contributed by atoms with Gasteiger partial charge >= 0.3 is 0 Å². The predicted octanol–water partition coefficient (Wildman–Crippen LogP) is 3.52. The lowest BCUT2D eigenvalue weighted by molar-refractivity contribution is 0.382. The highest BCUT2D eigenvalue weighted by molar-refractivity contribution is 5.32. The van der Waals surface area contributed by atoms with Gasteiger partial charge in [-0.1, -0.05) is 42.0 Å². The van der Waals surface area contributed by atoms with Crippen LogP contribution in [0.4, 0.5) is 4.39 Å². The standard InChI is InChI=1S/C18H22FNO/c1-13-6-4-7-14(10-13)11-16(20-2)12-15-8-5-9-17(21-3)18(15)19/h4-10,16,20H,11-12H2,1-3H3. The molecule has 1 N–H and O–H groups in total. The Balaban J connectivity index is 2.12. The minimum atomic E-state index is -0.260. The molecule has 0 aromatic heterocycles. The Hall–Kier alpha value is -1.87. The van der Waals surface area contributed by atoms with E-state index in [-0.39, 0.29) is 11.9 Å². The molecule has 0 aliphatic heterocycles. The summed E-state index contributed by atoms with van der Waals surface area (Å²) < 4.78 is 19.3. The van der Waals surface area contributed by atoms with E-state index >= 15 is 0 Å². The predicted molar refractivity (Wildman–Crippen MR) is 84.4 cm³/mol. The fourth-order valence-electron chi connectivity index (χ4n) is 2.54. The molecule has 0 spiro atoms. The molecule has 0 fully saturated rings. The Morgan fingerprint density at radius 2 is 1.90 bits per heavy atom. The second-order valence-electron chi connectivity index (χ2n) is 5.32. The van der Waals surface area contributed by atoms with E-state index in [1.807, 2.05) is 19.2 Å². The summed E-state index contributed by atoms with van der Waals surface area (Å²) in [7, 11) is 3.41. The molecule has 0 heterocycles. The fraction of sp³-hybridized carbons (Fsp3) is 0.333. The molecule has 0 saturated heterocycles. The van der Waals surface area contributed by atoms with Crippen molar-refractivity contribution in [2.45, 2.75) is 25.8 Å². The molecular formula is C18H22FNO. The van der Waals surface area contributed by atoms with Gasteiger partial charge in [0.2, 0.25) is 0 Å². The first-order valence-electron chi connectivity index (χ1n) is 7.18. The van der Waals surface area contributed by atoms with Gasteiger partial charge in [-0.25, -0.2) is 4.39 Å². The molecule has 0 aliphatic rings. The van der Waals surface area contributed by atoms with Crippen LogP contribution in [-0.2, 0) is 12.8 Å².